The van der Waals surface area contributed by atoms with Gasteiger partial charge in [0.1, 0.15) is 5.82 Å². The van der Waals surface area contributed by atoms with Crippen LogP contribution in [0.25, 0.3) is 22.0 Å². The van der Waals surface area contributed by atoms with Crippen LogP contribution in [0.5, 0.6) is 5.88 Å². The molecular formula is C29H26ClFN4O4. The first-order valence-corrected chi connectivity index (χ1v) is 13.1. The Balaban J connectivity index is 1.21. The number of methoxy groups -OCH3 is 1. The van der Waals surface area contributed by atoms with Crippen molar-refractivity contribution >= 4 is 34.4 Å². The van der Waals surface area contributed by atoms with Gasteiger partial charge >= 0.3 is 5.97 Å². The summed E-state index contributed by atoms with van der Waals surface area (Å²) in [4.78, 5) is 28.6. The SMILES string of the molecule is COc1cc(-c2ccc(Cn3ncc4cc(Cl)cc(C(=O)NC5CC6(C5)CC(C(=O)O)C6)c43)cc2F)ccn1. The van der Waals surface area contributed by atoms with E-state index in [1.54, 1.807) is 47.4 Å². The Kier molecular flexibility index (Phi) is 6.26. The van der Waals surface area contributed by atoms with Crippen LogP contribution < -0.4 is 10.1 Å². The fraction of sp³-hybridized carbons (Fsp3) is 0.310. The van der Waals surface area contributed by atoms with Crippen LogP contribution in [0.4, 0.5) is 4.39 Å². The molecule has 2 aliphatic rings. The monoisotopic (exact) mass is 548 g/mol. The number of carbonyl (C=O) groups excluding carboxylic acids is 1. The molecule has 200 valence electrons. The lowest BCUT2D eigenvalue weighted by atomic mass is 9.50. The second kappa shape index (κ2) is 9.64. The summed E-state index contributed by atoms with van der Waals surface area (Å²) in [5, 5.41) is 17.8. The molecule has 6 rings (SSSR count). The van der Waals surface area contributed by atoms with E-state index < -0.39 is 11.8 Å². The van der Waals surface area contributed by atoms with Gasteiger partial charge in [0.25, 0.3) is 5.91 Å². The number of nitrogens with one attached hydrogen (secondary N) is 1. The first-order valence-electron chi connectivity index (χ1n) is 12.7. The third-order valence-electron chi connectivity index (χ3n) is 7.97. The third kappa shape index (κ3) is 4.71. The summed E-state index contributed by atoms with van der Waals surface area (Å²) in [6.07, 6.45) is 6.11. The molecule has 2 N–H and O–H groups in total. The number of pyridine rings is 1. The lowest BCUT2D eigenvalue weighted by molar-refractivity contribution is -0.155. The van der Waals surface area contributed by atoms with Crippen molar-refractivity contribution in [2.75, 3.05) is 7.11 Å². The summed E-state index contributed by atoms with van der Waals surface area (Å²) >= 11 is 6.33. The van der Waals surface area contributed by atoms with Crippen molar-refractivity contribution in [1.82, 2.24) is 20.1 Å². The van der Waals surface area contributed by atoms with Crippen LogP contribution >= 0.6 is 11.6 Å². The summed E-state index contributed by atoms with van der Waals surface area (Å²) in [5.41, 5.74) is 2.82. The number of amides is 1. The van der Waals surface area contributed by atoms with E-state index >= 15 is 4.39 Å². The van der Waals surface area contributed by atoms with Gasteiger partial charge in [-0.1, -0.05) is 23.7 Å². The lowest BCUT2D eigenvalue weighted by Gasteiger charge is -2.56. The Morgan fingerprint density at radius 3 is 2.69 bits per heavy atom. The van der Waals surface area contributed by atoms with E-state index in [4.69, 9.17) is 21.4 Å². The van der Waals surface area contributed by atoms with Crippen LogP contribution in [0.15, 0.2) is 54.9 Å². The summed E-state index contributed by atoms with van der Waals surface area (Å²) in [6.45, 7) is 0.255. The molecule has 0 bridgehead atoms. The van der Waals surface area contributed by atoms with Gasteiger partial charge in [0.05, 0.1) is 36.8 Å². The Bertz CT molecular complexity index is 1610. The highest BCUT2D eigenvalue weighted by atomic mass is 35.5. The average molecular weight is 549 g/mol. The predicted molar refractivity (Wildman–Crippen MR) is 143 cm³/mol. The van der Waals surface area contributed by atoms with Crippen molar-refractivity contribution in [2.45, 2.75) is 38.3 Å². The molecule has 0 radical (unpaired) electrons. The number of nitrogens with zero attached hydrogens (tertiary/aromatic N) is 3. The highest BCUT2D eigenvalue weighted by Gasteiger charge is 2.55. The predicted octanol–water partition coefficient (Wildman–Crippen LogP) is 5.32. The Morgan fingerprint density at radius 2 is 1.97 bits per heavy atom. The Hall–Kier alpha value is -3.98. The van der Waals surface area contributed by atoms with E-state index in [-0.39, 0.29) is 29.8 Å². The average Bonchev–Trinajstić information content (AvgIpc) is 3.25. The molecule has 2 saturated carbocycles. The number of carboxylic acid groups (broad SMARTS) is 1. The molecule has 1 amide bonds. The van der Waals surface area contributed by atoms with E-state index in [2.05, 4.69) is 15.4 Å². The molecule has 2 fully saturated rings. The van der Waals surface area contributed by atoms with E-state index in [0.717, 1.165) is 12.8 Å². The van der Waals surface area contributed by atoms with Crippen LogP contribution in [-0.4, -0.2) is 44.9 Å². The van der Waals surface area contributed by atoms with Gasteiger partial charge in [-0.2, -0.15) is 5.10 Å². The number of aliphatic carboxylic acids is 1. The van der Waals surface area contributed by atoms with Crippen LogP contribution in [-0.2, 0) is 11.3 Å². The maximum absolute atomic E-state index is 15.1. The normalized spacial score (nSPS) is 21.8. The standard InChI is InChI=1S/C29H26ClFN4O4/c1-39-25-8-17(4-5-32-25)22-3-2-16(6-24(22)31)15-35-26-18(14-33-35)7-20(30)9-23(26)27(36)34-21-12-29(13-21)10-19(11-29)28(37)38/h2-9,14,19,21H,10-13,15H2,1H3,(H,34,36)(H,37,38). The molecule has 0 aliphatic heterocycles. The van der Waals surface area contributed by atoms with Crippen molar-refractivity contribution in [3.05, 3.63) is 76.8 Å². The third-order valence-corrected chi connectivity index (χ3v) is 8.18. The number of aromatic nitrogens is 3. The maximum atomic E-state index is 15.1. The second-order valence-corrected chi connectivity index (χ2v) is 11.1. The summed E-state index contributed by atoms with van der Waals surface area (Å²) in [6, 6.07) is 11.7. The largest absolute Gasteiger partial charge is 0.481 e. The van der Waals surface area contributed by atoms with E-state index in [0.29, 0.717) is 56.9 Å². The Morgan fingerprint density at radius 1 is 1.18 bits per heavy atom. The zero-order valence-electron chi connectivity index (χ0n) is 21.2. The minimum Gasteiger partial charge on any atom is -0.481 e. The zero-order valence-corrected chi connectivity index (χ0v) is 21.9. The van der Waals surface area contributed by atoms with Gasteiger partial charge in [0.2, 0.25) is 5.88 Å². The fourth-order valence-corrected chi connectivity index (χ4v) is 6.31. The number of ether oxygens (including phenoxy) is 1. The number of hydrogen-bond acceptors (Lipinski definition) is 5. The molecule has 0 atom stereocenters. The second-order valence-electron chi connectivity index (χ2n) is 10.6. The molecule has 2 aliphatic carbocycles. The molecule has 2 aromatic carbocycles. The van der Waals surface area contributed by atoms with Crippen LogP contribution in [0, 0.1) is 17.2 Å². The van der Waals surface area contributed by atoms with Gasteiger partial charge in [-0.3, -0.25) is 14.3 Å². The molecule has 4 aromatic rings. The minimum absolute atomic E-state index is 0.00824. The minimum atomic E-state index is -0.741. The smallest absolute Gasteiger partial charge is 0.306 e. The van der Waals surface area contributed by atoms with Crippen molar-refractivity contribution in [2.24, 2.45) is 11.3 Å². The molecule has 1 spiro atoms. The van der Waals surface area contributed by atoms with Crippen molar-refractivity contribution in [1.29, 1.82) is 0 Å². The molecule has 2 heterocycles. The maximum Gasteiger partial charge on any atom is 0.306 e. The molecule has 0 unspecified atom stereocenters. The van der Waals surface area contributed by atoms with Crippen molar-refractivity contribution in [3.63, 3.8) is 0 Å². The highest BCUT2D eigenvalue weighted by molar-refractivity contribution is 6.32. The molecule has 0 saturated heterocycles. The topological polar surface area (TPSA) is 106 Å². The van der Waals surface area contributed by atoms with E-state index in [1.807, 2.05) is 6.07 Å². The van der Waals surface area contributed by atoms with E-state index in [1.165, 1.54) is 13.2 Å². The fourth-order valence-electron chi connectivity index (χ4n) is 6.09. The summed E-state index contributed by atoms with van der Waals surface area (Å²) < 4.78 is 21.9. The molecule has 8 nitrogen and oxygen atoms in total. The van der Waals surface area contributed by atoms with Gasteiger partial charge < -0.3 is 15.2 Å². The van der Waals surface area contributed by atoms with Crippen molar-refractivity contribution < 1.29 is 23.8 Å². The number of halogens is 2. The number of hydrogen-bond donors (Lipinski definition) is 2. The van der Waals surface area contributed by atoms with Gasteiger partial charge in [0.15, 0.2) is 0 Å². The van der Waals surface area contributed by atoms with Crippen LogP contribution in [0.2, 0.25) is 5.02 Å². The number of carboxylic acids is 1. The number of rotatable bonds is 7. The molecule has 2 aromatic heterocycles. The number of carbonyl (C=O) groups is 2. The lowest BCUT2D eigenvalue weighted by Crippen LogP contribution is -2.57. The summed E-state index contributed by atoms with van der Waals surface area (Å²) in [7, 11) is 1.51. The Labute approximate surface area is 228 Å². The molecule has 39 heavy (non-hydrogen) atoms. The first-order chi connectivity index (χ1) is 18.7. The quantitative estimate of drug-likeness (QED) is 0.324. The first kappa shape index (κ1) is 25.3. The van der Waals surface area contributed by atoms with Crippen LogP contribution in [0.3, 0.4) is 0 Å². The zero-order chi connectivity index (χ0) is 27.3. The molecule has 10 heteroatoms. The van der Waals surface area contributed by atoms with Crippen LogP contribution in [0.1, 0.15) is 41.6 Å². The summed E-state index contributed by atoms with van der Waals surface area (Å²) in [5.74, 6) is -1.26. The van der Waals surface area contributed by atoms with Gasteiger partial charge in [-0.15, -0.1) is 0 Å². The van der Waals surface area contributed by atoms with Gasteiger partial charge in [-0.25, -0.2) is 9.37 Å². The highest BCUT2D eigenvalue weighted by Crippen LogP contribution is 2.58. The number of fused-ring (bicyclic) bond motifs is 1. The van der Waals surface area contributed by atoms with E-state index in [9.17, 15) is 9.59 Å². The van der Waals surface area contributed by atoms with Crippen molar-refractivity contribution in [3.8, 4) is 17.0 Å². The van der Waals surface area contributed by atoms with Gasteiger partial charge in [0, 0.05) is 34.3 Å². The van der Waals surface area contributed by atoms with Gasteiger partial charge in [-0.05, 0) is 66.5 Å². The molecular weight excluding hydrogens is 523 g/mol. The number of benzene rings is 2.